The zero-order chi connectivity index (χ0) is 11.3. The molecule has 0 bridgehead atoms. The lowest BCUT2D eigenvalue weighted by molar-refractivity contribution is 0.165. The minimum Gasteiger partial charge on any atom is -0.497 e. The largest absolute Gasteiger partial charge is 0.497 e. The summed E-state index contributed by atoms with van der Waals surface area (Å²) in [6.45, 7) is 0.305. The van der Waals surface area contributed by atoms with Crippen molar-refractivity contribution in [2.45, 2.75) is 6.04 Å². The number of methoxy groups -OCH3 is 2. The molecule has 0 saturated carbocycles. The number of nitrogens with one attached hydrogen (secondary N) is 1. The lowest BCUT2D eigenvalue weighted by Gasteiger charge is -2.16. The predicted molar refractivity (Wildman–Crippen MR) is 54.9 cm³/mol. The zero-order valence-corrected chi connectivity index (χ0v) is 8.79. The van der Waals surface area contributed by atoms with E-state index in [-0.39, 0.29) is 11.9 Å². The van der Waals surface area contributed by atoms with Gasteiger partial charge in [0, 0.05) is 18.7 Å². The van der Waals surface area contributed by atoms with Crippen molar-refractivity contribution < 1.29 is 13.9 Å². The Bertz CT molecular complexity index is 320. The quantitative estimate of drug-likeness (QED) is 0.567. The van der Waals surface area contributed by atoms with Gasteiger partial charge in [-0.1, -0.05) is 6.07 Å². The Morgan fingerprint density at radius 3 is 2.67 bits per heavy atom. The summed E-state index contributed by atoms with van der Waals surface area (Å²) in [5.41, 5.74) is 2.95. The maximum atomic E-state index is 13.6. The Labute approximate surface area is 88.1 Å². The Balaban J connectivity index is 2.92. The maximum absolute atomic E-state index is 13.6. The topological polar surface area (TPSA) is 56.5 Å². The monoisotopic (exact) mass is 214 g/mol. The minimum absolute atomic E-state index is 0.305. The fraction of sp³-hybridized carbons (Fsp3) is 0.400. The molecule has 1 aromatic rings. The van der Waals surface area contributed by atoms with Gasteiger partial charge in [-0.15, -0.1) is 0 Å². The van der Waals surface area contributed by atoms with E-state index in [0.29, 0.717) is 17.9 Å². The van der Waals surface area contributed by atoms with Crippen LogP contribution in [0, 0.1) is 5.82 Å². The first-order valence-corrected chi connectivity index (χ1v) is 4.51. The van der Waals surface area contributed by atoms with Crippen molar-refractivity contribution in [2.24, 2.45) is 5.84 Å². The summed E-state index contributed by atoms with van der Waals surface area (Å²) in [5, 5.41) is 0. The van der Waals surface area contributed by atoms with E-state index in [0.717, 1.165) is 0 Å². The normalized spacial score (nSPS) is 12.5. The number of halogens is 1. The summed E-state index contributed by atoms with van der Waals surface area (Å²) in [7, 11) is 3.02. The molecule has 1 aromatic carbocycles. The second kappa shape index (κ2) is 5.65. The Hall–Kier alpha value is -1.17. The standard InChI is InChI=1S/C10H15FN2O2/c1-14-6-10(13-12)8-4-3-7(15-2)5-9(8)11/h3-5,10,13H,6,12H2,1-2H3. The summed E-state index contributed by atoms with van der Waals surface area (Å²) >= 11 is 0. The first-order valence-electron chi connectivity index (χ1n) is 4.51. The average Bonchev–Trinajstić information content (AvgIpc) is 2.26. The molecule has 0 amide bonds. The van der Waals surface area contributed by atoms with E-state index in [9.17, 15) is 4.39 Å². The molecule has 0 fully saturated rings. The second-order valence-electron chi connectivity index (χ2n) is 3.06. The molecular formula is C10H15FN2O2. The van der Waals surface area contributed by atoms with Gasteiger partial charge >= 0.3 is 0 Å². The molecule has 1 atom stereocenters. The molecule has 0 aromatic heterocycles. The third-order valence-electron chi connectivity index (χ3n) is 2.12. The summed E-state index contributed by atoms with van der Waals surface area (Å²) in [6.07, 6.45) is 0. The first-order chi connectivity index (χ1) is 7.22. The van der Waals surface area contributed by atoms with Gasteiger partial charge in [-0.2, -0.15) is 0 Å². The molecule has 0 aliphatic rings. The minimum atomic E-state index is -0.366. The molecule has 15 heavy (non-hydrogen) atoms. The smallest absolute Gasteiger partial charge is 0.131 e. The highest BCUT2D eigenvalue weighted by Crippen LogP contribution is 2.21. The first kappa shape index (κ1) is 11.9. The van der Waals surface area contributed by atoms with Crippen LogP contribution in [0.2, 0.25) is 0 Å². The van der Waals surface area contributed by atoms with E-state index in [2.05, 4.69) is 5.43 Å². The number of hydrazine groups is 1. The van der Waals surface area contributed by atoms with Gasteiger partial charge in [0.15, 0.2) is 0 Å². The summed E-state index contributed by atoms with van der Waals surface area (Å²) in [5.74, 6) is 5.41. The van der Waals surface area contributed by atoms with Crippen LogP contribution in [0.1, 0.15) is 11.6 Å². The summed E-state index contributed by atoms with van der Waals surface area (Å²) < 4.78 is 23.4. The molecule has 0 heterocycles. The van der Waals surface area contributed by atoms with E-state index in [1.165, 1.54) is 20.3 Å². The van der Waals surface area contributed by atoms with Crippen LogP contribution < -0.4 is 16.0 Å². The number of hydrogen-bond donors (Lipinski definition) is 2. The third-order valence-corrected chi connectivity index (χ3v) is 2.12. The number of ether oxygens (including phenoxy) is 2. The van der Waals surface area contributed by atoms with Gasteiger partial charge in [-0.3, -0.25) is 11.3 Å². The second-order valence-corrected chi connectivity index (χ2v) is 3.06. The fourth-order valence-electron chi connectivity index (χ4n) is 1.31. The SMILES string of the molecule is COCC(NN)c1ccc(OC)cc1F. The highest BCUT2D eigenvalue weighted by atomic mass is 19.1. The van der Waals surface area contributed by atoms with Gasteiger partial charge in [-0.25, -0.2) is 4.39 Å². The van der Waals surface area contributed by atoms with Crippen LogP contribution in [0.25, 0.3) is 0 Å². The Morgan fingerprint density at radius 1 is 1.47 bits per heavy atom. The van der Waals surface area contributed by atoms with Crippen LogP contribution in [0.5, 0.6) is 5.75 Å². The van der Waals surface area contributed by atoms with Crippen LogP contribution in [0.4, 0.5) is 4.39 Å². The molecule has 0 aliphatic heterocycles. The van der Waals surface area contributed by atoms with Gasteiger partial charge in [0.05, 0.1) is 19.8 Å². The van der Waals surface area contributed by atoms with Gasteiger partial charge in [0.2, 0.25) is 0 Å². The van der Waals surface area contributed by atoms with Crippen molar-refractivity contribution in [2.75, 3.05) is 20.8 Å². The summed E-state index contributed by atoms with van der Waals surface area (Å²) in [4.78, 5) is 0. The molecule has 3 N–H and O–H groups in total. The molecule has 0 saturated heterocycles. The van der Waals surface area contributed by atoms with E-state index >= 15 is 0 Å². The van der Waals surface area contributed by atoms with E-state index in [4.69, 9.17) is 15.3 Å². The van der Waals surface area contributed by atoms with Crippen LogP contribution in [0.15, 0.2) is 18.2 Å². The maximum Gasteiger partial charge on any atom is 0.131 e. The molecular weight excluding hydrogens is 199 g/mol. The van der Waals surface area contributed by atoms with Crippen LogP contribution in [-0.4, -0.2) is 20.8 Å². The van der Waals surface area contributed by atoms with Gasteiger partial charge in [-0.05, 0) is 6.07 Å². The highest BCUT2D eigenvalue weighted by molar-refractivity contribution is 5.30. The Kier molecular flexibility index (Phi) is 4.48. The van der Waals surface area contributed by atoms with E-state index < -0.39 is 0 Å². The van der Waals surface area contributed by atoms with Crippen molar-refractivity contribution >= 4 is 0 Å². The van der Waals surface area contributed by atoms with Crippen molar-refractivity contribution in [3.8, 4) is 5.75 Å². The molecule has 1 unspecified atom stereocenters. The third kappa shape index (κ3) is 2.89. The number of nitrogens with two attached hydrogens (primary N) is 1. The van der Waals surface area contributed by atoms with Gasteiger partial charge in [0.1, 0.15) is 11.6 Å². The van der Waals surface area contributed by atoms with Crippen molar-refractivity contribution in [3.05, 3.63) is 29.6 Å². The Morgan fingerprint density at radius 2 is 2.20 bits per heavy atom. The van der Waals surface area contributed by atoms with E-state index in [1.54, 1.807) is 12.1 Å². The predicted octanol–water partition coefficient (Wildman–Crippen LogP) is 0.985. The molecule has 0 spiro atoms. The summed E-state index contributed by atoms with van der Waals surface area (Å²) in [6, 6.07) is 4.26. The molecule has 4 nitrogen and oxygen atoms in total. The molecule has 1 rings (SSSR count). The molecule has 84 valence electrons. The number of rotatable bonds is 5. The number of benzene rings is 1. The van der Waals surface area contributed by atoms with Gasteiger partial charge < -0.3 is 9.47 Å². The van der Waals surface area contributed by atoms with Crippen LogP contribution in [0.3, 0.4) is 0 Å². The lowest BCUT2D eigenvalue weighted by Crippen LogP contribution is -2.31. The van der Waals surface area contributed by atoms with Crippen molar-refractivity contribution in [1.82, 2.24) is 5.43 Å². The van der Waals surface area contributed by atoms with Crippen molar-refractivity contribution in [1.29, 1.82) is 0 Å². The fourth-order valence-corrected chi connectivity index (χ4v) is 1.31. The zero-order valence-electron chi connectivity index (χ0n) is 8.79. The number of hydrogen-bond acceptors (Lipinski definition) is 4. The van der Waals surface area contributed by atoms with Gasteiger partial charge in [0.25, 0.3) is 0 Å². The molecule has 5 heteroatoms. The van der Waals surface area contributed by atoms with E-state index in [1.807, 2.05) is 0 Å². The molecule has 0 aliphatic carbocycles. The highest BCUT2D eigenvalue weighted by Gasteiger charge is 2.14. The van der Waals surface area contributed by atoms with Crippen LogP contribution >= 0.6 is 0 Å². The lowest BCUT2D eigenvalue weighted by atomic mass is 10.1. The van der Waals surface area contributed by atoms with Crippen molar-refractivity contribution in [3.63, 3.8) is 0 Å². The molecule has 0 radical (unpaired) electrons. The average molecular weight is 214 g/mol. The van der Waals surface area contributed by atoms with Crippen LogP contribution in [-0.2, 0) is 4.74 Å².